The van der Waals surface area contributed by atoms with Crippen molar-refractivity contribution < 1.29 is 19.9 Å². The Morgan fingerprint density at radius 2 is 1.25 bits per heavy atom. The maximum absolute atomic E-state index is 0. The van der Waals surface area contributed by atoms with E-state index in [9.17, 15) is 0 Å². The second-order valence-corrected chi connectivity index (χ2v) is 0. The Bertz CT molecular complexity index is 13.5. The second kappa shape index (κ2) is 17.2. The summed E-state index contributed by atoms with van der Waals surface area (Å²) in [5.41, 5.74) is 0. The van der Waals surface area contributed by atoms with Crippen LogP contribution >= 0.6 is 0 Å². The van der Waals surface area contributed by atoms with Gasteiger partial charge in [-0.05, 0) is 11.0 Å². The minimum Gasteiger partial charge on any atom is -1.00 e. The quantitative estimate of drug-likeness (QED) is 0.390. The summed E-state index contributed by atoms with van der Waals surface area (Å²) in [6.07, 6.45) is 0. The van der Waals surface area contributed by atoms with E-state index < -0.39 is 0 Å². The molecule has 0 spiro atoms. The first kappa shape index (κ1) is 29.5. The maximum Gasteiger partial charge on any atom is 2.00 e. The van der Waals surface area contributed by atoms with E-state index in [1.54, 1.807) is 0 Å². The van der Waals surface area contributed by atoms with Gasteiger partial charge in [0.05, 0.1) is 0 Å². The molecule has 0 N–H and O–H groups in total. The maximum atomic E-state index is 0. The van der Waals surface area contributed by atoms with E-state index in [0.717, 1.165) is 0 Å². The van der Waals surface area contributed by atoms with Gasteiger partial charge in [-0.3, -0.25) is 0 Å². The summed E-state index contributed by atoms with van der Waals surface area (Å²) in [5.74, 6) is 0. The Hall–Kier alpha value is 2.75. The van der Waals surface area contributed by atoms with Crippen LogP contribution in [0.5, 0.6) is 0 Å². The molecule has 0 amide bonds. The normalized spacial score (nSPS) is 0. The zero-order chi connectivity index (χ0) is 0. The van der Waals surface area contributed by atoms with Crippen LogP contribution in [-0.2, 0) is 17.1 Å². The number of hydrogen-bond acceptors (Lipinski definition) is 0. The van der Waals surface area contributed by atoms with Crippen LogP contribution in [0.2, 0.25) is 0 Å². The molecular weight excluding hydrogens is 206 g/mol. The molecule has 4 heteroatoms. The summed E-state index contributed by atoms with van der Waals surface area (Å²) in [7, 11) is 0. The molecule has 0 aromatic rings. The fourth-order valence-electron chi connectivity index (χ4n) is 0. The van der Waals surface area contributed by atoms with Gasteiger partial charge in [-0.1, -0.05) is 0 Å². The van der Waals surface area contributed by atoms with Crippen LogP contribution in [0.3, 0.4) is 0 Å². The Labute approximate surface area is 92.0 Å². The molecule has 4 heavy (non-hydrogen) atoms. The van der Waals surface area contributed by atoms with Gasteiger partial charge in [-0.25, -0.2) is 0 Å². The van der Waals surface area contributed by atoms with Crippen LogP contribution in [0.25, 0.3) is 0 Å². The van der Waals surface area contributed by atoms with Crippen molar-refractivity contribution in [1.82, 2.24) is 0 Å². The Kier molecular flexibility index (Phi) is 127. The predicted molar refractivity (Wildman–Crippen MR) is 27.9 cm³/mol. The first-order chi connectivity index (χ1) is 0. The van der Waals surface area contributed by atoms with Gasteiger partial charge >= 0.3 is 45.5 Å². The molecule has 0 aliphatic heterocycles. The van der Waals surface area contributed by atoms with E-state index in [1.165, 1.54) is 0 Å². The van der Waals surface area contributed by atoms with E-state index in [1.807, 2.05) is 0 Å². The summed E-state index contributed by atoms with van der Waals surface area (Å²) in [6, 6.07) is 0. The smallest absolute Gasteiger partial charge is 1.00 e. The van der Waals surface area contributed by atoms with Crippen LogP contribution in [-0.4, -0.2) is 73.8 Å². The van der Waals surface area contributed by atoms with Gasteiger partial charge in [0.15, 0.2) is 17.4 Å². The molecule has 0 nitrogen and oxygen atoms in total. The molecule has 0 rings (SSSR count). The molecule has 0 heterocycles. The zero-order valence-electron chi connectivity index (χ0n) is 4.01. The van der Waals surface area contributed by atoms with Crippen molar-refractivity contribution in [3.63, 3.8) is 0 Å². The summed E-state index contributed by atoms with van der Waals surface area (Å²) < 4.78 is 0. The van der Waals surface area contributed by atoms with E-state index in [2.05, 4.69) is 0 Å². The first-order valence-electron chi connectivity index (χ1n) is 0. The number of rotatable bonds is 0. The minimum absolute atomic E-state index is 0. The van der Waals surface area contributed by atoms with Crippen LogP contribution in [0.4, 0.5) is 0 Å². The third-order valence-corrected chi connectivity index (χ3v) is 0. The Morgan fingerprint density at radius 3 is 1.25 bits per heavy atom. The average Bonchev–Trinajstić information content (AvgIpc) is 0. The summed E-state index contributed by atoms with van der Waals surface area (Å²) in [5, 5.41) is 0. The third-order valence-electron chi connectivity index (χ3n) is 0. The van der Waals surface area contributed by atoms with E-state index >= 15 is 0 Å². The molecule has 0 aliphatic rings. The first-order valence-corrected chi connectivity index (χ1v) is 0. The molecular formula is H8AlCuSiSr. The van der Waals surface area contributed by atoms with Crippen LogP contribution in [0.1, 0.15) is 2.85 Å². The monoisotopic (exact) mass is 214 g/mol. The summed E-state index contributed by atoms with van der Waals surface area (Å²) >= 11 is 0. The van der Waals surface area contributed by atoms with Crippen molar-refractivity contribution in [3.8, 4) is 0 Å². The van der Waals surface area contributed by atoms with Gasteiger partial charge in [0.1, 0.15) is 0 Å². The molecule has 0 saturated carbocycles. The van der Waals surface area contributed by atoms with Gasteiger partial charge in [0.25, 0.3) is 0 Å². The molecule has 0 fully saturated rings. The third kappa shape index (κ3) is 8.83. The Balaban J connectivity index is 0. The topological polar surface area (TPSA) is 0 Å². The molecule has 28 valence electrons. The van der Waals surface area contributed by atoms with E-state index in [4.69, 9.17) is 0 Å². The molecule has 0 saturated heterocycles. The SMILES string of the molecule is [AlH3].[Cu].[H-].[H-].[SiH3].[Sr+2]. The second-order valence-electron chi connectivity index (χ2n) is 0. The van der Waals surface area contributed by atoms with Gasteiger partial charge < -0.3 is 2.85 Å². The van der Waals surface area contributed by atoms with Crippen molar-refractivity contribution in [2.45, 2.75) is 0 Å². The molecule has 0 unspecified atom stereocenters. The molecule has 0 aromatic carbocycles. The fraction of sp³-hybridized carbons (Fsp3) is 0. The molecule has 2 radical (unpaired) electrons. The van der Waals surface area contributed by atoms with Gasteiger partial charge in [-0.2, -0.15) is 0 Å². The minimum atomic E-state index is 0. The fourth-order valence-corrected chi connectivity index (χ4v) is 0. The van der Waals surface area contributed by atoms with Gasteiger partial charge in [-0.15, -0.1) is 0 Å². The van der Waals surface area contributed by atoms with Crippen molar-refractivity contribution in [3.05, 3.63) is 0 Å². The molecule has 0 aliphatic carbocycles. The average molecular weight is 214 g/mol. The molecule has 0 bridgehead atoms. The Morgan fingerprint density at radius 1 is 1.25 bits per heavy atom. The van der Waals surface area contributed by atoms with Gasteiger partial charge in [0.2, 0.25) is 0 Å². The molecule has 0 aromatic heterocycles. The van der Waals surface area contributed by atoms with Crippen molar-refractivity contribution in [2.24, 2.45) is 0 Å². The number of hydrogen-bond donors (Lipinski definition) is 0. The zero-order valence-corrected chi connectivity index (χ0v) is 8.43. The standard InChI is InChI=1S/Al.Cu.H3Si.Sr.5H/h;;1H3;;;;;;/q;;;+2;;;;2*-1. The van der Waals surface area contributed by atoms with E-state index in [-0.39, 0.29) is 93.7 Å². The summed E-state index contributed by atoms with van der Waals surface area (Å²) in [6.45, 7) is 0. The van der Waals surface area contributed by atoms with Crippen molar-refractivity contribution in [1.29, 1.82) is 0 Å². The van der Waals surface area contributed by atoms with E-state index in [0.29, 0.717) is 0 Å². The van der Waals surface area contributed by atoms with Crippen molar-refractivity contribution in [2.75, 3.05) is 0 Å². The van der Waals surface area contributed by atoms with Crippen molar-refractivity contribution >= 4 is 73.8 Å². The van der Waals surface area contributed by atoms with Crippen LogP contribution < -0.4 is 0 Å². The van der Waals surface area contributed by atoms with Crippen LogP contribution in [0.15, 0.2) is 0 Å². The predicted octanol–water partition coefficient (Wildman–Crippen LogP) is -2.53. The van der Waals surface area contributed by atoms with Crippen LogP contribution in [0, 0.1) is 0 Å². The summed E-state index contributed by atoms with van der Waals surface area (Å²) in [4.78, 5) is 0. The largest absolute Gasteiger partial charge is 2.00 e. The molecule has 0 atom stereocenters. The van der Waals surface area contributed by atoms with Gasteiger partial charge in [0, 0.05) is 17.1 Å².